The maximum Gasteiger partial charge on any atom is -0.0371 e. The topological polar surface area (TPSA) is 0 Å². The first-order valence-corrected chi connectivity index (χ1v) is 12.6. The van der Waals surface area contributed by atoms with Gasteiger partial charge in [-0.25, -0.2) is 0 Å². The van der Waals surface area contributed by atoms with Crippen molar-refractivity contribution in [1.29, 1.82) is 0 Å². The van der Waals surface area contributed by atoms with Gasteiger partial charge in [0.25, 0.3) is 0 Å². The van der Waals surface area contributed by atoms with Crippen molar-refractivity contribution in [1.82, 2.24) is 0 Å². The molecule has 184 valence electrons. The summed E-state index contributed by atoms with van der Waals surface area (Å²) in [5, 5.41) is 0. The Morgan fingerprint density at radius 1 is 0.379 bits per heavy atom. The van der Waals surface area contributed by atoms with Crippen LogP contribution in [0.15, 0.2) is 0 Å². The summed E-state index contributed by atoms with van der Waals surface area (Å²) in [5.74, 6) is 7.75. The molecule has 0 aliphatic rings. The highest BCUT2D eigenvalue weighted by Gasteiger charge is 2.14. The van der Waals surface area contributed by atoms with E-state index >= 15 is 0 Å². The van der Waals surface area contributed by atoms with Crippen molar-refractivity contribution < 1.29 is 0 Å². The second-order valence-electron chi connectivity index (χ2n) is 11.0. The average molecular weight is 417 g/mol. The van der Waals surface area contributed by atoms with Gasteiger partial charge >= 0.3 is 0 Å². The Labute approximate surface area is 191 Å². The molecule has 0 aliphatic heterocycles. The first-order chi connectivity index (χ1) is 12.6. The largest absolute Gasteiger partial charge is 0.0776 e. The van der Waals surface area contributed by atoms with Gasteiger partial charge in [0, 0.05) is 0 Å². The Hall–Kier alpha value is 0. The molecule has 0 aromatic heterocycles. The maximum atomic E-state index is 2.31. The molecule has 0 nitrogen and oxygen atoms in total. The predicted octanol–water partition coefficient (Wildman–Crippen LogP) is 11.2. The van der Waals surface area contributed by atoms with Crippen molar-refractivity contribution in [2.45, 2.75) is 138 Å². The van der Waals surface area contributed by atoms with Crippen LogP contribution in [0.5, 0.6) is 0 Å². The van der Waals surface area contributed by atoms with E-state index in [1.807, 2.05) is 0 Å². The molecule has 0 aromatic rings. The van der Waals surface area contributed by atoms with Gasteiger partial charge in [0.1, 0.15) is 0 Å². The molecule has 0 amide bonds. The van der Waals surface area contributed by atoms with Crippen LogP contribution in [-0.2, 0) is 0 Å². The van der Waals surface area contributed by atoms with Crippen molar-refractivity contribution in [2.75, 3.05) is 0 Å². The van der Waals surface area contributed by atoms with Crippen molar-refractivity contribution in [2.24, 2.45) is 53.3 Å². The lowest BCUT2D eigenvalue weighted by Gasteiger charge is -2.22. The molecule has 0 bridgehead atoms. The minimum Gasteiger partial charge on any atom is -0.0776 e. The molecule has 0 unspecified atom stereocenters. The van der Waals surface area contributed by atoms with Crippen LogP contribution in [0, 0.1) is 53.3 Å². The molecule has 0 heterocycles. The van der Waals surface area contributed by atoms with Crippen LogP contribution in [0.25, 0.3) is 0 Å². The van der Waals surface area contributed by atoms with Gasteiger partial charge < -0.3 is 0 Å². The zero-order chi connectivity index (χ0) is 23.6. The highest BCUT2D eigenvalue weighted by molar-refractivity contribution is 4.64. The van der Waals surface area contributed by atoms with Crippen LogP contribution in [-0.4, -0.2) is 0 Å². The number of rotatable bonds is 7. The van der Waals surface area contributed by atoms with E-state index in [9.17, 15) is 0 Å². The Morgan fingerprint density at radius 3 is 0.552 bits per heavy atom. The van der Waals surface area contributed by atoms with Gasteiger partial charge in [-0.1, -0.05) is 138 Å². The first-order valence-electron chi connectivity index (χ1n) is 12.6. The summed E-state index contributed by atoms with van der Waals surface area (Å²) in [6.07, 6.45) is 2.58. The molecule has 0 N–H and O–H groups in total. The lowest BCUT2D eigenvalue weighted by atomic mass is 9.84. The third-order valence-electron chi connectivity index (χ3n) is 6.39. The SMILES string of the molecule is C.CC(C)C(C)C(C)C.CC(C)C(C)C(C)C.CCC.CCC(C(C)C)C(C)C. The monoisotopic (exact) mass is 417 g/mol. The van der Waals surface area contributed by atoms with Gasteiger partial charge in [-0.05, 0) is 53.3 Å². The van der Waals surface area contributed by atoms with E-state index in [2.05, 4.69) is 118 Å². The molecule has 0 saturated carbocycles. The molecule has 0 atom stereocenters. The van der Waals surface area contributed by atoms with E-state index in [0.29, 0.717) is 0 Å². The summed E-state index contributed by atoms with van der Waals surface area (Å²) in [4.78, 5) is 0. The van der Waals surface area contributed by atoms with Crippen molar-refractivity contribution in [3.05, 3.63) is 0 Å². The lowest BCUT2D eigenvalue weighted by Crippen LogP contribution is -2.13. The van der Waals surface area contributed by atoms with E-state index in [1.54, 1.807) is 0 Å². The average Bonchev–Trinajstić information content (AvgIpc) is 2.54. The van der Waals surface area contributed by atoms with E-state index < -0.39 is 0 Å². The Balaban J connectivity index is -0.0000000915. The molecule has 29 heavy (non-hydrogen) atoms. The predicted molar refractivity (Wildman–Crippen MR) is 144 cm³/mol. The van der Waals surface area contributed by atoms with Gasteiger partial charge in [0.2, 0.25) is 0 Å². The fourth-order valence-corrected chi connectivity index (χ4v) is 3.25. The molecular formula is C29H68. The minimum absolute atomic E-state index is 0. The minimum atomic E-state index is 0. The Kier molecular flexibility index (Phi) is 33.0. The van der Waals surface area contributed by atoms with Crippen LogP contribution < -0.4 is 0 Å². The second-order valence-corrected chi connectivity index (χ2v) is 11.0. The number of hydrogen-bond donors (Lipinski definition) is 0. The van der Waals surface area contributed by atoms with Crippen molar-refractivity contribution in [3.63, 3.8) is 0 Å². The Morgan fingerprint density at radius 2 is 0.552 bits per heavy atom. The zero-order valence-corrected chi connectivity index (χ0v) is 23.6. The van der Waals surface area contributed by atoms with E-state index in [1.165, 1.54) is 12.8 Å². The molecule has 0 aliphatic carbocycles. The van der Waals surface area contributed by atoms with Gasteiger partial charge in [0.05, 0.1) is 0 Å². The highest BCUT2D eigenvalue weighted by atomic mass is 14.2. The summed E-state index contributed by atoms with van der Waals surface area (Å²) in [5.41, 5.74) is 0. The zero-order valence-electron chi connectivity index (χ0n) is 23.6. The molecule has 0 aromatic carbocycles. The van der Waals surface area contributed by atoms with Crippen LogP contribution >= 0.6 is 0 Å². The smallest absolute Gasteiger partial charge is 0.0371 e. The molecule has 0 rings (SSSR count). The van der Waals surface area contributed by atoms with Crippen LogP contribution in [0.2, 0.25) is 0 Å². The van der Waals surface area contributed by atoms with Crippen LogP contribution in [0.4, 0.5) is 0 Å². The molecule has 0 spiro atoms. The first kappa shape index (κ1) is 39.5. The molecule has 0 radical (unpaired) electrons. The molecular weight excluding hydrogens is 348 g/mol. The van der Waals surface area contributed by atoms with Gasteiger partial charge in [-0.3, -0.25) is 0 Å². The third-order valence-corrected chi connectivity index (χ3v) is 6.39. The summed E-state index contributed by atoms with van der Waals surface area (Å²) < 4.78 is 0. The van der Waals surface area contributed by atoms with E-state index in [0.717, 1.165) is 53.3 Å². The third kappa shape index (κ3) is 28.0. The highest BCUT2D eigenvalue weighted by Crippen LogP contribution is 2.23. The lowest BCUT2D eigenvalue weighted by molar-refractivity contribution is 0.279. The van der Waals surface area contributed by atoms with Crippen molar-refractivity contribution >= 4 is 0 Å². The number of hydrogen-bond acceptors (Lipinski definition) is 0. The van der Waals surface area contributed by atoms with E-state index in [4.69, 9.17) is 0 Å². The molecule has 0 fully saturated rings. The van der Waals surface area contributed by atoms with Gasteiger partial charge in [-0.15, -0.1) is 0 Å². The van der Waals surface area contributed by atoms with Gasteiger partial charge in [-0.2, -0.15) is 0 Å². The molecule has 0 saturated heterocycles. The van der Waals surface area contributed by atoms with Gasteiger partial charge in [0.15, 0.2) is 0 Å². The summed E-state index contributed by atoms with van der Waals surface area (Å²) >= 11 is 0. The van der Waals surface area contributed by atoms with E-state index in [-0.39, 0.29) is 7.43 Å². The molecule has 0 heteroatoms. The summed E-state index contributed by atoms with van der Waals surface area (Å²) in [6, 6.07) is 0. The normalized spacial score (nSPS) is 11.0. The Bertz CT molecular complexity index is 228. The quantitative estimate of drug-likeness (QED) is 0.387. The van der Waals surface area contributed by atoms with Crippen LogP contribution in [0.1, 0.15) is 138 Å². The maximum absolute atomic E-state index is 2.31. The fraction of sp³-hybridized carbons (Fsp3) is 1.00. The second kappa shape index (κ2) is 24.3. The van der Waals surface area contributed by atoms with Crippen LogP contribution in [0.3, 0.4) is 0 Å². The fourth-order valence-electron chi connectivity index (χ4n) is 3.25. The summed E-state index contributed by atoms with van der Waals surface area (Å²) in [7, 11) is 0. The summed E-state index contributed by atoms with van der Waals surface area (Å²) in [6.45, 7) is 38.7. The van der Waals surface area contributed by atoms with Crippen molar-refractivity contribution in [3.8, 4) is 0 Å². The standard InChI is InChI=1S/C9H20.2C8H18.C3H8.CH4/c1-6-9(7(2)3)8(4)5;2*1-6(2)8(5)7(3)4;1-3-2;/h7-9H,6H2,1-5H3;2*6-8H,1-5H3;3H2,1-2H3;1H4.